The molecule has 124 valence electrons. The molecule has 2 aromatic rings. The highest BCUT2D eigenvalue weighted by molar-refractivity contribution is 6.30. The van der Waals surface area contributed by atoms with Crippen LogP contribution in [0.2, 0.25) is 5.02 Å². The van der Waals surface area contributed by atoms with E-state index in [1.165, 1.54) is 0 Å². The Morgan fingerprint density at radius 3 is 2.35 bits per heavy atom. The van der Waals surface area contributed by atoms with Gasteiger partial charge in [0.05, 0.1) is 17.1 Å². The number of rotatable bonds is 6. The largest absolute Gasteiger partial charge is 0.366 e. The molecular formula is C19H26ClN3. The van der Waals surface area contributed by atoms with Crippen molar-refractivity contribution < 1.29 is 0 Å². The van der Waals surface area contributed by atoms with Crippen LogP contribution in [-0.2, 0) is 12.8 Å². The lowest BCUT2D eigenvalue weighted by Gasteiger charge is -2.18. The molecule has 1 aromatic heterocycles. The predicted molar refractivity (Wildman–Crippen MR) is 99.3 cm³/mol. The summed E-state index contributed by atoms with van der Waals surface area (Å²) in [5.41, 5.74) is 5.27. The Kier molecular flexibility index (Phi) is 6.00. The van der Waals surface area contributed by atoms with Gasteiger partial charge in [-0.1, -0.05) is 38.4 Å². The molecule has 0 fully saturated rings. The molecule has 1 aromatic carbocycles. The van der Waals surface area contributed by atoms with Gasteiger partial charge in [0.1, 0.15) is 5.82 Å². The van der Waals surface area contributed by atoms with Crippen molar-refractivity contribution in [1.29, 1.82) is 0 Å². The molecule has 23 heavy (non-hydrogen) atoms. The Hall–Kier alpha value is -1.61. The Balaban J connectivity index is 2.55. The standard InChI is InChI=1S/C19H26ClN3/c1-6-13(5)21-19-17(8-3)22-18(16(7-2)23-19)15-10-9-14(20)11-12(15)4/h9-11,13H,6-8H2,1-5H3,(H,21,23). The van der Waals surface area contributed by atoms with E-state index in [9.17, 15) is 0 Å². The van der Waals surface area contributed by atoms with Crippen LogP contribution in [0.3, 0.4) is 0 Å². The van der Waals surface area contributed by atoms with Crippen molar-refractivity contribution in [3.05, 3.63) is 40.2 Å². The number of nitrogens with zero attached hydrogens (tertiary/aromatic N) is 2. The van der Waals surface area contributed by atoms with E-state index in [4.69, 9.17) is 21.6 Å². The van der Waals surface area contributed by atoms with E-state index in [-0.39, 0.29) is 0 Å². The third kappa shape index (κ3) is 4.03. The van der Waals surface area contributed by atoms with Gasteiger partial charge in [0, 0.05) is 16.6 Å². The molecule has 0 bridgehead atoms. The summed E-state index contributed by atoms with van der Waals surface area (Å²) >= 11 is 6.09. The van der Waals surface area contributed by atoms with Crippen LogP contribution in [0.4, 0.5) is 5.82 Å². The number of anilines is 1. The Labute approximate surface area is 144 Å². The fraction of sp³-hybridized carbons (Fsp3) is 0.474. The second-order valence-electron chi connectivity index (χ2n) is 5.93. The maximum atomic E-state index is 6.09. The van der Waals surface area contributed by atoms with Crippen LogP contribution in [0.5, 0.6) is 0 Å². The van der Waals surface area contributed by atoms with Crippen LogP contribution in [0.15, 0.2) is 18.2 Å². The molecule has 0 radical (unpaired) electrons. The summed E-state index contributed by atoms with van der Waals surface area (Å²) in [4.78, 5) is 9.83. The lowest BCUT2D eigenvalue weighted by Crippen LogP contribution is -2.18. The van der Waals surface area contributed by atoms with Crippen LogP contribution in [0.1, 0.15) is 51.1 Å². The molecule has 0 amide bonds. The highest BCUT2D eigenvalue weighted by Crippen LogP contribution is 2.29. The highest BCUT2D eigenvalue weighted by Gasteiger charge is 2.16. The second-order valence-corrected chi connectivity index (χ2v) is 6.37. The summed E-state index contributed by atoms with van der Waals surface area (Å²) in [6.45, 7) is 10.7. The molecule has 1 atom stereocenters. The number of hydrogen-bond acceptors (Lipinski definition) is 3. The van der Waals surface area contributed by atoms with E-state index < -0.39 is 0 Å². The van der Waals surface area contributed by atoms with Gasteiger partial charge in [-0.15, -0.1) is 0 Å². The zero-order valence-corrected chi connectivity index (χ0v) is 15.5. The van der Waals surface area contributed by atoms with Crippen molar-refractivity contribution in [2.75, 3.05) is 5.32 Å². The van der Waals surface area contributed by atoms with Crippen molar-refractivity contribution in [2.45, 2.75) is 59.9 Å². The second kappa shape index (κ2) is 7.78. The number of benzene rings is 1. The zero-order chi connectivity index (χ0) is 17.0. The molecule has 0 aliphatic heterocycles. The molecule has 1 N–H and O–H groups in total. The molecule has 1 heterocycles. The van der Waals surface area contributed by atoms with E-state index >= 15 is 0 Å². The topological polar surface area (TPSA) is 37.8 Å². The van der Waals surface area contributed by atoms with Gasteiger partial charge in [-0.05, 0) is 50.8 Å². The van der Waals surface area contributed by atoms with Gasteiger partial charge in [-0.2, -0.15) is 0 Å². The molecule has 0 spiro atoms. The molecule has 2 rings (SSSR count). The van der Waals surface area contributed by atoms with Crippen molar-refractivity contribution in [3.63, 3.8) is 0 Å². The summed E-state index contributed by atoms with van der Waals surface area (Å²) in [5, 5.41) is 4.25. The zero-order valence-electron chi connectivity index (χ0n) is 14.7. The Morgan fingerprint density at radius 1 is 1.09 bits per heavy atom. The number of nitrogens with one attached hydrogen (secondary N) is 1. The van der Waals surface area contributed by atoms with Gasteiger partial charge in [0.2, 0.25) is 0 Å². The smallest absolute Gasteiger partial charge is 0.148 e. The molecule has 0 saturated heterocycles. The monoisotopic (exact) mass is 331 g/mol. The van der Waals surface area contributed by atoms with E-state index in [1.54, 1.807) is 0 Å². The maximum absolute atomic E-state index is 6.09. The van der Waals surface area contributed by atoms with Gasteiger partial charge in [0.15, 0.2) is 0 Å². The van der Waals surface area contributed by atoms with Crippen LogP contribution >= 0.6 is 11.6 Å². The van der Waals surface area contributed by atoms with Crippen molar-refractivity contribution in [2.24, 2.45) is 0 Å². The minimum Gasteiger partial charge on any atom is -0.366 e. The van der Waals surface area contributed by atoms with E-state index in [0.717, 1.165) is 58.3 Å². The van der Waals surface area contributed by atoms with E-state index in [1.807, 2.05) is 18.2 Å². The third-order valence-corrected chi connectivity index (χ3v) is 4.38. The summed E-state index contributed by atoms with van der Waals surface area (Å²) in [6.07, 6.45) is 2.77. The maximum Gasteiger partial charge on any atom is 0.148 e. The van der Waals surface area contributed by atoms with Crippen LogP contribution in [0, 0.1) is 6.92 Å². The molecular weight excluding hydrogens is 306 g/mol. The molecule has 3 nitrogen and oxygen atoms in total. The normalized spacial score (nSPS) is 12.3. The lowest BCUT2D eigenvalue weighted by molar-refractivity contribution is 0.751. The molecule has 0 aliphatic carbocycles. The van der Waals surface area contributed by atoms with Crippen molar-refractivity contribution in [1.82, 2.24) is 9.97 Å². The summed E-state index contributed by atoms with van der Waals surface area (Å²) in [6, 6.07) is 6.33. The highest BCUT2D eigenvalue weighted by atomic mass is 35.5. The molecule has 0 saturated carbocycles. The van der Waals surface area contributed by atoms with Crippen LogP contribution < -0.4 is 5.32 Å². The Bertz CT molecular complexity index is 683. The average Bonchev–Trinajstić information content (AvgIpc) is 2.54. The fourth-order valence-electron chi connectivity index (χ4n) is 2.56. The number of aryl methyl sites for hydroxylation is 3. The molecule has 4 heteroatoms. The van der Waals surface area contributed by atoms with Crippen LogP contribution in [0.25, 0.3) is 11.3 Å². The number of aromatic nitrogens is 2. The third-order valence-electron chi connectivity index (χ3n) is 4.15. The minimum atomic E-state index is 0.391. The van der Waals surface area contributed by atoms with Gasteiger partial charge in [0.25, 0.3) is 0 Å². The minimum absolute atomic E-state index is 0.391. The first-order chi connectivity index (χ1) is 11.0. The lowest BCUT2D eigenvalue weighted by atomic mass is 10.0. The fourth-order valence-corrected chi connectivity index (χ4v) is 2.78. The molecule has 1 unspecified atom stereocenters. The van der Waals surface area contributed by atoms with Gasteiger partial charge in [-0.25, -0.2) is 9.97 Å². The van der Waals surface area contributed by atoms with Gasteiger partial charge >= 0.3 is 0 Å². The van der Waals surface area contributed by atoms with E-state index in [0.29, 0.717) is 6.04 Å². The first kappa shape index (κ1) is 17.7. The van der Waals surface area contributed by atoms with Crippen molar-refractivity contribution >= 4 is 17.4 Å². The SMILES string of the molecule is CCc1nc(-c2ccc(Cl)cc2C)c(CC)nc1NC(C)CC. The quantitative estimate of drug-likeness (QED) is 0.765. The first-order valence-electron chi connectivity index (χ1n) is 8.42. The Morgan fingerprint density at radius 2 is 1.78 bits per heavy atom. The number of hydrogen-bond donors (Lipinski definition) is 1. The van der Waals surface area contributed by atoms with Gasteiger partial charge in [-0.3, -0.25) is 0 Å². The van der Waals surface area contributed by atoms with Crippen LogP contribution in [-0.4, -0.2) is 16.0 Å². The summed E-state index contributed by atoms with van der Waals surface area (Å²) in [7, 11) is 0. The first-order valence-corrected chi connectivity index (χ1v) is 8.80. The number of halogens is 1. The summed E-state index contributed by atoms with van der Waals surface area (Å²) < 4.78 is 0. The average molecular weight is 332 g/mol. The van der Waals surface area contributed by atoms with E-state index in [2.05, 4.69) is 39.9 Å². The summed E-state index contributed by atoms with van der Waals surface area (Å²) in [5.74, 6) is 0.925. The van der Waals surface area contributed by atoms with Crippen molar-refractivity contribution in [3.8, 4) is 11.3 Å². The predicted octanol–water partition coefficient (Wildman–Crippen LogP) is 5.44. The molecule has 0 aliphatic rings. The van der Waals surface area contributed by atoms with Gasteiger partial charge < -0.3 is 5.32 Å².